The second kappa shape index (κ2) is 7.64. The highest BCUT2D eigenvalue weighted by Gasteiger charge is 2.22. The van der Waals surface area contributed by atoms with Crippen LogP contribution in [0.3, 0.4) is 0 Å². The normalized spacial score (nSPS) is 11.0. The lowest BCUT2D eigenvalue weighted by molar-refractivity contribution is 0.413. The van der Waals surface area contributed by atoms with Gasteiger partial charge in [-0.1, -0.05) is 36.4 Å². The van der Waals surface area contributed by atoms with Crippen LogP contribution >= 0.6 is 0 Å². The summed E-state index contributed by atoms with van der Waals surface area (Å²) < 4.78 is 24.2. The molecule has 0 atom stereocenters. The van der Waals surface area contributed by atoms with Gasteiger partial charge in [0.05, 0.1) is 30.4 Å². The molecule has 142 valence electrons. The third-order valence-corrected chi connectivity index (χ3v) is 4.70. The Morgan fingerprint density at radius 3 is 2.57 bits per heavy atom. The molecule has 2 aromatic heterocycles. The van der Waals surface area contributed by atoms with Crippen molar-refractivity contribution >= 4 is 0 Å². The summed E-state index contributed by atoms with van der Waals surface area (Å²) in [5, 5.41) is 8.05. The van der Waals surface area contributed by atoms with Gasteiger partial charge in [0.15, 0.2) is 0 Å². The molecule has 0 aliphatic carbocycles. The minimum absolute atomic E-state index is 0.350. The first kappa shape index (κ1) is 17.9. The van der Waals surface area contributed by atoms with E-state index in [4.69, 9.17) is 4.74 Å². The number of benzene rings is 2. The highest BCUT2D eigenvalue weighted by molar-refractivity contribution is 5.82. The van der Waals surface area contributed by atoms with E-state index < -0.39 is 0 Å². The number of rotatable bonds is 6. The molecule has 0 radical (unpaired) electrons. The number of halogens is 1. The molecule has 6 nitrogen and oxygen atoms in total. The Hall–Kier alpha value is -3.48. The molecule has 0 amide bonds. The zero-order chi connectivity index (χ0) is 19.5. The van der Waals surface area contributed by atoms with Gasteiger partial charge < -0.3 is 13.9 Å². The van der Waals surface area contributed by atoms with E-state index in [-0.39, 0.29) is 5.82 Å². The average molecular weight is 377 g/mol. The van der Waals surface area contributed by atoms with Gasteiger partial charge >= 0.3 is 0 Å². The minimum Gasteiger partial charge on any atom is -0.496 e. The van der Waals surface area contributed by atoms with Gasteiger partial charge in [-0.2, -0.15) is 0 Å². The van der Waals surface area contributed by atoms with Crippen molar-refractivity contribution in [3.05, 3.63) is 72.8 Å². The molecule has 0 spiro atoms. The Kier molecular flexibility index (Phi) is 4.89. The number of imidazole rings is 1. The molecule has 7 heteroatoms. The van der Waals surface area contributed by atoms with Crippen LogP contribution in [0.15, 0.2) is 61.2 Å². The lowest BCUT2D eigenvalue weighted by atomic mass is 10.0. The molecule has 28 heavy (non-hydrogen) atoms. The minimum atomic E-state index is -0.350. The van der Waals surface area contributed by atoms with Gasteiger partial charge in [0.1, 0.15) is 23.7 Å². The third kappa shape index (κ3) is 3.26. The predicted octanol–water partition coefficient (Wildman–Crippen LogP) is 3.74. The molecule has 0 fully saturated rings. The number of nitrogens with zero attached hydrogens (tertiary/aromatic N) is 5. The Labute approximate surface area is 162 Å². The SMILES string of the molecule is COc1cccc(F)c1-c1c(-c2ccccc2)ncn1CCc1nncn1C. The fourth-order valence-corrected chi connectivity index (χ4v) is 3.28. The maximum absolute atomic E-state index is 14.9. The molecule has 4 rings (SSSR count). The lowest BCUT2D eigenvalue weighted by Crippen LogP contribution is -2.07. The Bertz CT molecular complexity index is 1090. The van der Waals surface area contributed by atoms with E-state index >= 15 is 0 Å². The van der Waals surface area contributed by atoms with E-state index in [1.165, 1.54) is 6.07 Å². The van der Waals surface area contributed by atoms with Crippen molar-refractivity contribution < 1.29 is 9.13 Å². The van der Waals surface area contributed by atoms with Crippen LogP contribution in [0, 0.1) is 5.82 Å². The molecule has 2 aromatic carbocycles. The van der Waals surface area contributed by atoms with E-state index in [9.17, 15) is 4.39 Å². The van der Waals surface area contributed by atoms with Gasteiger partial charge in [-0.25, -0.2) is 9.37 Å². The molecular formula is C21H20FN5O. The van der Waals surface area contributed by atoms with Crippen LogP contribution < -0.4 is 4.74 Å². The molecule has 0 saturated heterocycles. The molecule has 0 unspecified atom stereocenters. The fraction of sp³-hybridized carbons (Fsp3) is 0.190. The summed E-state index contributed by atoms with van der Waals surface area (Å²) in [5.41, 5.74) is 2.71. The first-order chi connectivity index (χ1) is 13.7. The maximum Gasteiger partial charge on any atom is 0.136 e. The standard InChI is InChI=1S/C21H20FN5O/c1-26-14-24-25-18(26)11-12-27-13-23-20(15-7-4-3-5-8-15)21(27)19-16(22)9-6-10-17(19)28-2/h3-10,13-14H,11-12H2,1-2H3. The van der Waals surface area contributed by atoms with E-state index in [1.54, 1.807) is 31.9 Å². The molecule has 2 heterocycles. The van der Waals surface area contributed by atoms with E-state index in [0.717, 1.165) is 11.4 Å². The Morgan fingerprint density at radius 2 is 1.86 bits per heavy atom. The first-order valence-corrected chi connectivity index (χ1v) is 8.95. The zero-order valence-electron chi connectivity index (χ0n) is 15.7. The summed E-state index contributed by atoms with van der Waals surface area (Å²) in [6.45, 7) is 0.583. The van der Waals surface area contributed by atoms with Crippen LogP contribution in [-0.2, 0) is 20.0 Å². The monoisotopic (exact) mass is 377 g/mol. The van der Waals surface area contributed by atoms with Gasteiger partial charge in [0, 0.05) is 25.6 Å². The van der Waals surface area contributed by atoms with E-state index in [0.29, 0.717) is 35.7 Å². The van der Waals surface area contributed by atoms with Crippen LogP contribution in [0.5, 0.6) is 5.75 Å². The van der Waals surface area contributed by atoms with Gasteiger partial charge in [-0.15, -0.1) is 10.2 Å². The van der Waals surface area contributed by atoms with E-state index in [1.807, 2.05) is 46.5 Å². The number of hydrogen-bond acceptors (Lipinski definition) is 4. The van der Waals surface area contributed by atoms with Crippen molar-refractivity contribution in [1.29, 1.82) is 0 Å². The lowest BCUT2D eigenvalue weighted by Gasteiger charge is -2.14. The summed E-state index contributed by atoms with van der Waals surface area (Å²) in [6.07, 6.45) is 4.05. The van der Waals surface area contributed by atoms with Crippen molar-refractivity contribution in [2.75, 3.05) is 7.11 Å². The zero-order valence-corrected chi connectivity index (χ0v) is 15.7. The van der Waals surface area contributed by atoms with Crippen molar-refractivity contribution in [3.63, 3.8) is 0 Å². The first-order valence-electron chi connectivity index (χ1n) is 8.95. The number of aromatic nitrogens is 5. The number of methoxy groups -OCH3 is 1. The number of aryl methyl sites for hydroxylation is 3. The average Bonchev–Trinajstić information content (AvgIpc) is 3.32. The van der Waals surface area contributed by atoms with Crippen LogP contribution in [0.25, 0.3) is 22.5 Å². The number of ether oxygens (including phenoxy) is 1. The van der Waals surface area contributed by atoms with Crippen molar-refractivity contribution in [3.8, 4) is 28.3 Å². The van der Waals surface area contributed by atoms with Gasteiger partial charge in [-0.3, -0.25) is 0 Å². The summed E-state index contributed by atoms with van der Waals surface area (Å²) in [4.78, 5) is 4.60. The Morgan fingerprint density at radius 1 is 1.04 bits per heavy atom. The molecule has 4 aromatic rings. The smallest absolute Gasteiger partial charge is 0.136 e. The molecule has 0 aliphatic heterocycles. The molecule has 0 N–H and O–H groups in total. The summed E-state index contributed by atoms with van der Waals surface area (Å²) in [7, 11) is 3.44. The van der Waals surface area contributed by atoms with Crippen LogP contribution in [0.1, 0.15) is 5.82 Å². The van der Waals surface area contributed by atoms with Crippen LogP contribution in [-0.4, -0.2) is 31.4 Å². The number of hydrogen-bond donors (Lipinski definition) is 0. The van der Waals surface area contributed by atoms with Crippen molar-refractivity contribution in [2.45, 2.75) is 13.0 Å². The van der Waals surface area contributed by atoms with Crippen LogP contribution in [0.4, 0.5) is 4.39 Å². The molecular weight excluding hydrogens is 357 g/mol. The third-order valence-electron chi connectivity index (χ3n) is 4.70. The topological polar surface area (TPSA) is 57.8 Å². The van der Waals surface area contributed by atoms with E-state index in [2.05, 4.69) is 15.2 Å². The molecule has 0 saturated carbocycles. The van der Waals surface area contributed by atoms with Crippen LogP contribution in [0.2, 0.25) is 0 Å². The highest BCUT2D eigenvalue weighted by Crippen LogP contribution is 2.38. The summed E-state index contributed by atoms with van der Waals surface area (Å²) in [6, 6.07) is 14.6. The second-order valence-corrected chi connectivity index (χ2v) is 6.43. The largest absolute Gasteiger partial charge is 0.496 e. The van der Waals surface area contributed by atoms with Gasteiger partial charge in [0.25, 0.3) is 0 Å². The molecule has 0 bridgehead atoms. The molecule has 0 aliphatic rings. The second-order valence-electron chi connectivity index (χ2n) is 6.43. The van der Waals surface area contributed by atoms with Gasteiger partial charge in [0.2, 0.25) is 0 Å². The van der Waals surface area contributed by atoms with Crippen molar-refractivity contribution in [1.82, 2.24) is 24.3 Å². The fourth-order valence-electron chi connectivity index (χ4n) is 3.28. The summed E-state index contributed by atoms with van der Waals surface area (Å²) >= 11 is 0. The van der Waals surface area contributed by atoms with Gasteiger partial charge in [-0.05, 0) is 12.1 Å². The van der Waals surface area contributed by atoms with Crippen molar-refractivity contribution in [2.24, 2.45) is 7.05 Å². The predicted molar refractivity (Wildman–Crippen MR) is 104 cm³/mol. The summed E-state index contributed by atoms with van der Waals surface area (Å²) in [5.74, 6) is 0.968. The quantitative estimate of drug-likeness (QED) is 0.514. The Balaban J connectivity index is 1.84. The maximum atomic E-state index is 14.9. The highest BCUT2D eigenvalue weighted by atomic mass is 19.1.